The molecule has 7 heteroatoms. The standard InChI is InChI=1S/C15H21N5OS/c1-10-11(14-19-17-9-20(14)2)5-4-6-13(10)18-15(21)12(16)7-8-22-3/h4-6,9,12H,7-8,16H2,1-3H3,(H,18,21)/t12-/m0/s1. The van der Waals surface area contributed by atoms with E-state index in [0.717, 1.165) is 28.4 Å². The molecule has 0 aliphatic heterocycles. The van der Waals surface area contributed by atoms with Crippen LogP contribution in [0.3, 0.4) is 0 Å². The van der Waals surface area contributed by atoms with Crippen molar-refractivity contribution in [2.45, 2.75) is 19.4 Å². The van der Waals surface area contributed by atoms with Gasteiger partial charge in [-0.3, -0.25) is 4.79 Å². The van der Waals surface area contributed by atoms with Crippen molar-refractivity contribution in [1.29, 1.82) is 0 Å². The molecule has 22 heavy (non-hydrogen) atoms. The number of nitrogens with zero attached hydrogens (tertiary/aromatic N) is 3. The van der Waals surface area contributed by atoms with Gasteiger partial charge in [-0.2, -0.15) is 11.8 Å². The minimum atomic E-state index is -0.495. The first-order valence-corrected chi connectivity index (χ1v) is 8.43. The lowest BCUT2D eigenvalue weighted by Gasteiger charge is -2.15. The molecule has 1 heterocycles. The third-order valence-electron chi connectivity index (χ3n) is 3.51. The van der Waals surface area contributed by atoms with Gasteiger partial charge in [0.25, 0.3) is 0 Å². The number of rotatable bonds is 6. The average Bonchev–Trinajstić information content (AvgIpc) is 2.92. The molecular formula is C15H21N5OS. The zero-order valence-electron chi connectivity index (χ0n) is 13.0. The Labute approximate surface area is 134 Å². The first-order chi connectivity index (χ1) is 10.5. The second kappa shape index (κ2) is 7.42. The highest BCUT2D eigenvalue weighted by Crippen LogP contribution is 2.26. The number of carbonyl (C=O) groups excluding carboxylic acids is 1. The molecule has 3 N–H and O–H groups in total. The molecule has 1 aromatic heterocycles. The van der Waals surface area contributed by atoms with Gasteiger partial charge >= 0.3 is 0 Å². The fraction of sp³-hybridized carbons (Fsp3) is 0.400. The lowest BCUT2D eigenvalue weighted by atomic mass is 10.1. The minimum absolute atomic E-state index is 0.160. The summed E-state index contributed by atoms with van der Waals surface area (Å²) < 4.78 is 1.85. The summed E-state index contributed by atoms with van der Waals surface area (Å²) in [5, 5.41) is 10.9. The molecule has 2 rings (SSSR count). The van der Waals surface area contributed by atoms with Gasteiger partial charge in [0.05, 0.1) is 6.04 Å². The Bertz CT molecular complexity index is 655. The Kier molecular flexibility index (Phi) is 5.57. The minimum Gasteiger partial charge on any atom is -0.324 e. The highest BCUT2D eigenvalue weighted by atomic mass is 32.2. The molecule has 1 aromatic carbocycles. The highest BCUT2D eigenvalue weighted by Gasteiger charge is 2.16. The molecule has 0 fully saturated rings. The zero-order chi connectivity index (χ0) is 16.1. The van der Waals surface area contributed by atoms with Crippen LogP contribution in [-0.4, -0.2) is 38.7 Å². The molecule has 1 amide bonds. The van der Waals surface area contributed by atoms with Gasteiger partial charge in [0.1, 0.15) is 6.33 Å². The van der Waals surface area contributed by atoms with Crippen LogP contribution in [-0.2, 0) is 11.8 Å². The van der Waals surface area contributed by atoms with Gasteiger partial charge in [-0.15, -0.1) is 10.2 Å². The molecular weight excluding hydrogens is 298 g/mol. The number of hydrogen-bond donors (Lipinski definition) is 2. The molecule has 0 spiro atoms. The van der Waals surface area contributed by atoms with Crippen molar-refractivity contribution >= 4 is 23.4 Å². The molecule has 0 saturated heterocycles. The highest BCUT2D eigenvalue weighted by molar-refractivity contribution is 7.98. The summed E-state index contributed by atoms with van der Waals surface area (Å²) in [6.07, 6.45) is 4.31. The number of nitrogens with two attached hydrogens (primary N) is 1. The van der Waals surface area contributed by atoms with E-state index in [4.69, 9.17) is 5.73 Å². The van der Waals surface area contributed by atoms with E-state index in [-0.39, 0.29) is 5.91 Å². The van der Waals surface area contributed by atoms with E-state index < -0.39 is 6.04 Å². The quantitative estimate of drug-likeness (QED) is 0.848. The molecule has 0 saturated carbocycles. The fourth-order valence-corrected chi connectivity index (χ4v) is 2.63. The van der Waals surface area contributed by atoms with Crippen molar-refractivity contribution < 1.29 is 4.79 Å². The van der Waals surface area contributed by atoms with Gasteiger partial charge in [0.15, 0.2) is 5.82 Å². The monoisotopic (exact) mass is 319 g/mol. The summed E-state index contributed by atoms with van der Waals surface area (Å²) in [5.41, 5.74) is 8.55. The number of anilines is 1. The van der Waals surface area contributed by atoms with E-state index >= 15 is 0 Å². The Morgan fingerprint density at radius 1 is 1.50 bits per heavy atom. The maximum Gasteiger partial charge on any atom is 0.241 e. The Balaban J connectivity index is 2.19. The van der Waals surface area contributed by atoms with Crippen LogP contribution in [0.2, 0.25) is 0 Å². The smallest absolute Gasteiger partial charge is 0.241 e. The second-order valence-corrected chi connectivity index (χ2v) is 6.11. The van der Waals surface area contributed by atoms with Crippen molar-refractivity contribution in [3.63, 3.8) is 0 Å². The van der Waals surface area contributed by atoms with Gasteiger partial charge < -0.3 is 15.6 Å². The number of amides is 1. The van der Waals surface area contributed by atoms with Gasteiger partial charge in [-0.1, -0.05) is 12.1 Å². The van der Waals surface area contributed by atoms with Crippen LogP contribution in [0.15, 0.2) is 24.5 Å². The predicted molar refractivity (Wildman–Crippen MR) is 90.8 cm³/mol. The number of aryl methyl sites for hydroxylation is 1. The Hall–Kier alpha value is -1.86. The van der Waals surface area contributed by atoms with Gasteiger partial charge in [0.2, 0.25) is 5.91 Å². The third-order valence-corrected chi connectivity index (χ3v) is 4.16. The molecule has 0 aliphatic carbocycles. The number of hydrogen-bond acceptors (Lipinski definition) is 5. The van der Waals surface area contributed by atoms with Crippen molar-refractivity contribution in [2.24, 2.45) is 12.8 Å². The Morgan fingerprint density at radius 2 is 2.27 bits per heavy atom. The summed E-state index contributed by atoms with van der Waals surface area (Å²) in [6.45, 7) is 1.95. The summed E-state index contributed by atoms with van der Waals surface area (Å²) in [5.74, 6) is 1.47. The van der Waals surface area contributed by atoms with Crippen molar-refractivity contribution in [3.05, 3.63) is 30.1 Å². The van der Waals surface area contributed by atoms with Crippen LogP contribution in [0, 0.1) is 6.92 Å². The first kappa shape index (κ1) is 16.5. The topological polar surface area (TPSA) is 85.8 Å². The molecule has 1 atom stereocenters. The largest absolute Gasteiger partial charge is 0.324 e. The zero-order valence-corrected chi connectivity index (χ0v) is 13.9. The lowest BCUT2D eigenvalue weighted by Crippen LogP contribution is -2.36. The number of benzene rings is 1. The van der Waals surface area contributed by atoms with E-state index in [9.17, 15) is 4.79 Å². The summed E-state index contributed by atoms with van der Waals surface area (Å²) in [7, 11) is 1.89. The van der Waals surface area contributed by atoms with E-state index in [2.05, 4.69) is 15.5 Å². The van der Waals surface area contributed by atoms with Crippen LogP contribution in [0.1, 0.15) is 12.0 Å². The van der Waals surface area contributed by atoms with Gasteiger partial charge in [0, 0.05) is 18.3 Å². The average molecular weight is 319 g/mol. The van der Waals surface area contributed by atoms with E-state index in [1.807, 2.05) is 43.0 Å². The molecule has 0 unspecified atom stereocenters. The molecule has 0 bridgehead atoms. The van der Waals surface area contributed by atoms with Crippen LogP contribution >= 0.6 is 11.8 Å². The van der Waals surface area contributed by atoms with E-state index in [1.54, 1.807) is 18.1 Å². The summed E-state index contributed by atoms with van der Waals surface area (Å²) in [6, 6.07) is 5.22. The molecule has 2 aromatic rings. The summed E-state index contributed by atoms with van der Waals surface area (Å²) in [4.78, 5) is 12.2. The molecule has 0 radical (unpaired) electrons. The number of aromatic nitrogens is 3. The van der Waals surface area contributed by atoms with Crippen molar-refractivity contribution in [2.75, 3.05) is 17.3 Å². The third kappa shape index (κ3) is 3.66. The molecule has 6 nitrogen and oxygen atoms in total. The van der Waals surface area contributed by atoms with Crippen LogP contribution < -0.4 is 11.1 Å². The second-order valence-electron chi connectivity index (χ2n) is 5.12. The van der Waals surface area contributed by atoms with Crippen LogP contribution in [0.5, 0.6) is 0 Å². The van der Waals surface area contributed by atoms with Crippen molar-refractivity contribution in [3.8, 4) is 11.4 Å². The normalized spacial score (nSPS) is 12.2. The fourth-order valence-electron chi connectivity index (χ4n) is 2.14. The van der Waals surface area contributed by atoms with Crippen LogP contribution in [0.4, 0.5) is 5.69 Å². The number of nitrogens with one attached hydrogen (secondary N) is 1. The first-order valence-electron chi connectivity index (χ1n) is 7.04. The maximum atomic E-state index is 12.2. The maximum absolute atomic E-state index is 12.2. The van der Waals surface area contributed by atoms with Gasteiger partial charge in [-0.05, 0) is 37.0 Å². The number of carbonyl (C=O) groups is 1. The lowest BCUT2D eigenvalue weighted by molar-refractivity contribution is -0.117. The van der Waals surface area contributed by atoms with Crippen LogP contribution in [0.25, 0.3) is 11.4 Å². The number of thioether (sulfide) groups is 1. The molecule has 0 aliphatic rings. The Morgan fingerprint density at radius 3 is 2.91 bits per heavy atom. The SMILES string of the molecule is CSCC[C@H](N)C(=O)Nc1cccc(-c2nncn2C)c1C. The van der Waals surface area contributed by atoms with E-state index in [1.165, 1.54) is 0 Å². The van der Waals surface area contributed by atoms with Crippen molar-refractivity contribution in [1.82, 2.24) is 14.8 Å². The van der Waals surface area contributed by atoms with Gasteiger partial charge in [-0.25, -0.2) is 0 Å². The van der Waals surface area contributed by atoms with E-state index in [0.29, 0.717) is 6.42 Å². The predicted octanol–water partition coefficient (Wildman–Crippen LogP) is 1.81. The molecule has 118 valence electrons. The summed E-state index contributed by atoms with van der Waals surface area (Å²) >= 11 is 1.68.